The maximum atomic E-state index is 12.7. The molecule has 6 heteroatoms. The fourth-order valence-corrected chi connectivity index (χ4v) is 3.36. The van der Waals surface area contributed by atoms with E-state index in [0.29, 0.717) is 23.0 Å². The highest BCUT2D eigenvalue weighted by Gasteiger charge is 2.30. The molecule has 28 heavy (non-hydrogen) atoms. The maximum Gasteiger partial charge on any atom is 0.416 e. The van der Waals surface area contributed by atoms with E-state index < -0.39 is 11.7 Å². The van der Waals surface area contributed by atoms with Crippen LogP contribution in [0.5, 0.6) is 11.5 Å². The van der Waals surface area contributed by atoms with Gasteiger partial charge in [0, 0.05) is 24.0 Å². The quantitative estimate of drug-likeness (QED) is 0.575. The molecule has 1 saturated heterocycles. The van der Waals surface area contributed by atoms with Crippen LogP contribution in [-0.4, -0.2) is 23.9 Å². The number of ether oxygens (including phenoxy) is 1. The van der Waals surface area contributed by atoms with Gasteiger partial charge in [0.25, 0.3) is 5.91 Å². The van der Waals surface area contributed by atoms with Crippen molar-refractivity contribution in [1.29, 1.82) is 0 Å². The number of likely N-dealkylation sites (tertiary alicyclic amines) is 1. The van der Waals surface area contributed by atoms with Crippen LogP contribution in [0.3, 0.4) is 0 Å². The largest absolute Gasteiger partial charge is 0.457 e. The first-order valence-electron chi connectivity index (χ1n) is 8.98. The molecule has 3 aromatic rings. The molecule has 0 aliphatic carbocycles. The van der Waals surface area contributed by atoms with Gasteiger partial charge >= 0.3 is 6.18 Å². The molecule has 0 unspecified atom stereocenters. The first-order valence-corrected chi connectivity index (χ1v) is 8.98. The summed E-state index contributed by atoms with van der Waals surface area (Å²) in [4.78, 5) is 14.3. The molecule has 0 saturated carbocycles. The number of hydrogen-bond donors (Lipinski definition) is 0. The Morgan fingerprint density at radius 1 is 1.04 bits per heavy atom. The van der Waals surface area contributed by atoms with Crippen molar-refractivity contribution in [3.05, 3.63) is 71.8 Å². The Morgan fingerprint density at radius 2 is 1.75 bits per heavy atom. The molecule has 1 heterocycles. The molecule has 4 rings (SSSR count). The smallest absolute Gasteiger partial charge is 0.416 e. The number of hydrogen-bond acceptors (Lipinski definition) is 2. The van der Waals surface area contributed by atoms with Crippen LogP contribution in [0.25, 0.3) is 10.8 Å². The average molecular weight is 385 g/mol. The summed E-state index contributed by atoms with van der Waals surface area (Å²) in [6.07, 6.45) is -4.38. The second kappa shape index (κ2) is 6.86. The number of halogens is 3. The summed E-state index contributed by atoms with van der Waals surface area (Å²) in [5.74, 6) is 1.38. The van der Waals surface area contributed by atoms with E-state index in [1.165, 1.54) is 12.1 Å². The third-order valence-electron chi connectivity index (χ3n) is 4.85. The Morgan fingerprint density at radius 3 is 2.39 bits per heavy atom. The van der Waals surface area contributed by atoms with Gasteiger partial charge in [-0.15, -0.1) is 0 Å². The molecule has 0 radical (unpaired) electrons. The van der Waals surface area contributed by atoms with E-state index in [-0.39, 0.29) is 5.91 Å². The van der Waals surface area contributed by atoms with E-state index in [4.69, 9.17) is 4.74 Å². The van der Waals surface area contributed by atoms with E-state index in [2.05, 4.69) is 6.92 Å². The molecule has 0 bridgehead atoms. The first-order chi connectivity index (χ1) is 13.3. The summed E-state index contributed by atoms with van der Waals surface area (Å²) >= 11 is 0. The zero-order valence-corrected chi connectivity index (χ0v) is 15.2. The maximum absolute atomic E-state index is 12.7. The van der Waals surface area contributed by atoms with Crippen LogP contribution in [-0.2, 0) is 6.18 Å². The zero-order valence-electron chi connectivity index (χ0n) is 15.2. The van der Waals surface area contributed by atoms with Gasteiger partial charge in [0.15, 0.2) is 0 Å². The van der Waals surface area contributed by atoms with Crippen molar-refractivity contribution in [2.24, 2.45) is 5.92 Å². The Kier molecular flexibility index (Phi) is 4.49. The molecule has 3 aromatic carbocycles. The number of benzene rings is 3. The molecule has 0 aromatic heterocycles. The highest BCUT2D eigenvalue weighted by molar-refractivity contribution is 6.00. The number of fused-ring (bicyclic) bond motifs is 1. The highest BCUT2D eigenvalue weighted by atomic mass is 19.4. The Balaban J connectivity index is 1.59. The van der Waals surface area contributed by atoms with E-state index in [1.807, 2.05) is 23.1 Å². The van der Waals surface area contributed by atoms with Gasteiger partial charge in [0.05, 0.1) is 5.56 Å². The van der Waals surface area contributed by atoms with Crippen molar-refractivity contribution in [3.63, 3.8) is 0 Å². The van der Waals surface area contributed by atoms with Crippen molar-refractivity contribution >= 4 is 16.7 Å². The number of nitrogens with zero attached hydrogens (tertiary/aromatic N) is 1. The van der Waals surface area contributed by atoms with Crippen LogP contribution in [0.15, 0.2) is 60.7 Å². The lowest BCUT2D eigenvalue weighted by molar-refractivity contribution is -0.137. The average Bonchev–Trinajstić information content (AvgIpc) is 2.64. The van der Waals surface area contributed by atoms with E-state index >= 15 is 0 Å². The predicted octanol–water partition coefficient (Wildman–Crippen LogP) is 5.74. The van der Waals surface area contributed by atoms with Crippen molar-refractivity contribution in [2.75, 3.05) is 13.1 Å². The first kappa shape index (κ1) is 18.3. The van der Waals surface area contributed by atoms with E-state index in [9.17, 15) is 18.0 Å². The van der Waals surface area contributed by atoms with Crippen molar-refractivity contribution in [2.45, 2.75) is 13.1 Å². The van der Waals surface area contributed by atoms with Gasteiger partial charge < -0.3 is 9.64 Å². The SMILES string of the molecule is CC1CN(C(=O)c2ccc3c(Oc4ccc(C(F)(F)F)cc4)cccc3c2)C1. The van der Waals surface area contributed by atoms with Gasteiger partial charge in [-0.2, -0.15) is 13.2 Å². The molecule has 1 fully saturated rings. The van der Waals surface area contributed by atoms with Crippen LogP contribution >= 0.6 is 0 Å². The molecular formula is C22H18F3NO2. The van der Waals surface area contributed by atoms with Crippen LogP contribution in [0, 0.1) is 5.92 Å². The minimum absolute atomic E-state index is 0.00839. The van der Waals surface area contributed by atoms with Gasteiger partial charge in [0.2, 0.25) is 0 Å². The minimum Gasteiger partial charge on any atom is -0.457 e. The van der Waals surface area contributed by atoms with Crippen LogP contribution in [0.4, 0.5) is 13.2 Å². The second-order valence-electron chi connectivity index (χ2n) is 7.13. The van der Waals surface area contributed by atoms with Crippen molar-refractivity contribution in [3.8, 4) is 11.5 Å². The third kappa shape index (κ3) is 3.54. The number of alkyl halides is 3. The number of amides is 1. The monoisotopic (exact) mass is 385 g/mol. The number of carbonyl (C=O) groups excluding carboxylic acids is 1. The van der Waals surface area contributed by atoms with Gasteiger partial charge in [-0.3, -0.25) is 4.79 Å². The standard InChI is InChI=1S/C22H18F3NO2/c1-14-12-26(13-14)21(27)16-5-10-19-15(11-16)3-2-4-20(19)28-18-8-6-17(7-9-18)22(23,24)25/h2-11,14H,12-13H2,1H3. The Labute approximate surface area is 160 Å². The summed E-state index contributed by atoms with van der Waals surface area (Å²) in [5, 5.41) is 1.62. The van der Waals surface area contributed by atoms with Crippen LogP contribution in [0.1, 0.15) is 22.8 Å². The van der Waals surface area contributed by atoms with Gasteiger partial charge in [-0.1, -0.05) is 19.1 Å². The summed E-state index contributed by atoms with van der Waals surface area (Å²) in [7, 11) is 0. The summed E-state index contributed by atoms with van der Waals surface area (Å²) in [6.45, 7) is 3.65. The van der Waals surface area contributed by atoms with Crippen molar-refractivity contribution < 1.29 is 22.7 Å². The molecule has 0 atom stereocenters. The minimum atomic E-state index is -4.38. The molecule has 1 aliphatic rings. The predicted molar refractivity (Wildman–Crippen MR) is 101 cm³/mol. The van der Waals surface area contributed by atoms with Gasteiger partial charge in [-0.05, 0) is 59.8 Å². The lowest BCUT2D eigenvalue weighted by atomic mass is 10.00. The van der Waals surface area contributed by atoms with E-state index in [1.54, 1.807) is 18.2 Å². The molecule has 1 aliphatic heterocycles. The molecular weight excluding hydrogens is 367 g/mol. The fraction of sp³-hybridized carbons (Fsp3) is 0.227. The zero-order chi connectivity index (χ0) is 19.9. The highest BCUT2D eigenvalue weighted by Crippen LogP contribution is 2.34. The molecule has 1 amide bonds. The van der Waals surface area contributed by atoms with Crippen LogP contribution in [0.2, 0.25) is 0 Å². The summed E-state index contributed by atoms with van der Waals surface area (Å²) < 4.78 is 43.9. The second-order valence-corrected chi connectivity index (χ2v) is 7.13. The summed E-state index contributed by atoms with van der Waals surface area (Å²) in [6, 6.07) is 15.4. The molecule has 3 nitrogen and oxygen atoms in total. The normalized spacial score (nSPS) is 14.8. The van der Waals surface area contributed by atoms with Crippen LogP contribution < -0.4 is 4.74 Å². The fourth-order valence-electron chi connectivity index (χ4n) is 3.36. The number of rotatable bonds is 3. The van der Waals surface area contributed by atoms with Gasteiger partial charge in [-0.25, -0.2) is 0 Å². The lowest BCUT2D eigenvalue weighted by Gasteiger charge is -2.37. The van der Waals surface area contributed by atoms with Gasteiger partial charge in [0.1, 0.15) is 11.5 Å². The lowest BCUT2D eigenvalue weighted by Crippen LogP contribution is -2.48. The Bertz CT molecular complexity index is 1020. The topological polar surface area (TPSA) is 29.5 Å². The third-order valence-corrected chi connectivity index (χ3v) is 4.85. The Hall–Kier alpha value is -3.02. The molecule has 0 N–H and O–H groups in total. The number of carbonyl (C=O) groups is 1. The van der Waals surface area contributed by atoms with Crippen molar-refractivity contribution in [1.82, 2.24) is 4.90 Å². The summed E-state index contributed by atoms with van der Waals surface area (Å²) in [5.41, 5.74) is -0.104. The molecule has 0 spiro atoms. The molecule has 144 valence electrons. The van der Waals surface area contributed by atoms with E-state index in [0.717, 1.165) is 36.0 Å².